The Morgan fingerprint density at radius 3 is 1.19 bits per heavy atom. The maximum atomic E-state index is 10.3. The molecule has 0 amide bonds. The van der Waals surface area contributed by atoms with E-state index in [2.05, 4.69) is 13.8 Å². The Bertz CT molecular complexity index is 231. The molecule has 21 heavy (non-hydrogen) atoms. The number of hydrogen-bond donors (Lipinski definition) is 0. The molecule has 5 heteroatoms. The SMILES string of the molecule is CCCCC(CC)C(=O)[O-].CCCCC(CC)C(=O)[O-].[Y+2]. The molecule has 0 heterocycles. The molecule has 0 aliphatic rings. The molecule has 1 radical (unpaired) electrons. The maximum Gasteiger partial charge on any atom is 2.00 e. The Balaban J connectivity index is -0.000000295. The Morgan fingerprint density at radius 2 is 1.05 bits per heavy atom. The predicted molar refractivity (Wildman–Crippen MR) is 76.6 cm³/mol. The Hall–Kier alpha value is 0.0439. The van der Waals surface area contributed by atoms with Gasteiger partial charge in [0.05, 0.1) is 0 Å². The first-order valence-electron chi connectivity index (χ1n) is 7.86. The van der Waals surface area contributed by atoms with Gasteiger partial charge in [-0.2, -0.15) is 0 Å². The van der Waals surface area contributed by atoms with Gasteiger partial charge in [-0.15, -0.1) is 0 Å². The minimum Gasteiger partial charge on any atom is -0.550 e. The molecule has 2 unspecified atom stereocenters. The summed E-state index contributed by atoms with van der Waals surface area (Å²) in [5, 5.41) is 20.7. The van der Waals surface area contributed by atoms with Crippen molar-refractivity contribution in [1.29, 1.82) is 0 Å². The zero-order chi connectivity index (χ0) is 16.0. The summed E-state index contributed by atoms with van der Waals surface area (Å²) in [5.41, 5.74) is 0. The average Bonchev–Trinajstić information content (AvgIpc) is 2.40. The van der Waals surface area contributed by atoms with Crippen molar-refractivity contribution in [2.45, 2.75) is 79.1 Å². The molecule has 0 N–H and O–H groups in total. The van der Waals surface area contributed by atoms with E-state index in [0.717, 1.165) is 38.5 Å². The Labute approximate surface area is 155 Å². The van der Waals surface area contributed by atoms with E-state index in [4.69, 9.17) is 0 Å². The molecule has 2 atom stereocenters. The van der Waals surface area contributed by atoms with Gasteiger partial charge in [-0.05, 0) is 37.5 Å². The molecule has 0 spiro atoms. The van der Waals surface area contributed by atoms with Gasteiger partial charge in [-0.1, -0.05) is 53.4 Å². The molecule has 0 fully saturated rings. The third-order valence-corrected chi connectivity index (χ3v) is 3.46. The summed E-state index contributed by atoms with van der Waals surface area (Å²) in [6.07, 6.45) is 7.04. The van der Waals surface area contributed by atoms with Crippen LogP contribution in [0.3, 0.4) is 0 Å². The van der Waals surface area contributed by atoms with E-state index in [-0.39, 0.29) is 44.5 Å². The zero-order valence-electron chi connectivity index (χ0n) is 14.0. The summed E-state index contributed by atoms with van der Waals surface area (Å²) < 4.78 is 0. The first kappa shape index (κ1) is 26.0. The van der Waals surface area contributed by atoms with E-state index in [1.54, 1.807) is 0 Å². The average molecular weight is 375 g/mol. The van der Waals surface area contributed by atoms with Gasteiger partial charge >= 0.3 is 32.7 Å². The van der Waals surface area contributed by atoms with Gasteiger partial charge in [0.1, 0.15) is 0 Å². The van der Waals surface area contributed by atoms with Crippen molar-refractivity contribution in [3.63, 3.8) is 0 Å². The molecule has 0 bridgehead atoms. The standard InChI is InChI=1S/2C8H16O2.Y/c2*1-3-5-6-7(4-2)8(9)10;/h2*7H,3-6H2,1-2H3,(H,9,10);/q;;+2/p-2. The van der Waals surface area contributed by atoms with Crippen LogP contribution in [-0.2, 0) is 42.3 Å². The molecule has 121 valence electrons. The largest absolute Gasteiger partial charge is 2.00 e. The second kappa shape index (κ2) is 18.1. The van der Waals surface area contributed by atoms with Crippen molar-refractivity contribution in [2.75, 3.05) is 0 Å². The topological polar surface area (TPSA) is 80.3 Å². The molecule has 0 aliphatic carbocycles. The van der Waals surface area contributed by atoms with Crippen molar-refractivity contribution in [2.24, 2.45) is 11.8 Å². The van der Waals surface area contributed by atoms with Crippen LogP contribution in [0.25, 0.3) is 0 Å². The van der Waals surface area contributed by atoms with Gasteiger partial charge < -0.3 is 19.8 Å². The number of carboxylic acid groups (broad SMARTS) is 2. The number of carboxylic acids is 2. The Kier molecular flexibility index (Phi) is 22.4. The molecular weight excluding hydrogens is 345 g/mol. The van der Waals surface area contributed by atoms with E-state index in [9.17, 15) is 19.8 Å². The van der Waals surface area contributed by atoms with E-state index in [1.165, 1.54) is 0 Å². The molecule has 4 nitrogen and oxygen atoms in total. The predicted octanol–water partition coefficient (Wildman–Crippen LogP) is 1.90. The van der Waals surface area contributed by atoms with E-state index in [0.29, 0.717) is 12.8 Å². The van der Waals surface area contributed by atoms with Crippen LogP contribution in [0.1, 0.15) is 79.1 Å². The fourth-order valence-electron chi connectivity index (χ4n) is 1.88. The van der Waals surface area contributed by atoms with Crippen molar-refractivity contribution < 1.29 is 52.5 Å². The van der Waals surface area contributed by atoms with Crippen LogP contribution in [0, 0.1) is 11.8 Å². The molecular formula is C16H30O4Y. The van der Waals surface area contributed by atoms with E-state index < -0.39 is 11.9 Å². The van der Waals surface area contributed by atoms with Crippen LogP contribution in [0.5, 0.6) is 0 Å². The quantitative estimate of drug-likeness (QED) is 0.584. The van der Waals surface area contributed by atoms with E-state index in [1.807, 2.05) is 13.8 Å². The molecule has 0 saturated heterocycles. The van der Waals surface area contributed by atoms with Crippen LogP contribution in [0.4, 0.5) is 0 Å². The second-order valence-corrected chi connectivity index (χ2v) is 5.13. The van der Waals surface area contributed by atoms with Crippen molar-refractivity contribution >= 4 is 11.9 Å². The molecule has 0 aliphatic heterocycles. The molecule has 0 aromatic rings. The monoisotopic (exact) mass is 375 g/mol. The molecule has 0 saturated carbocycles. The van der Waals surface area contributed by atoms with Gasteiger partial charge in [-0.3, -0.25) is 0 Å². The summed E-state index contributed by atoms with van der Waals surface area (Å²) >= 11 is 0. The molecule has 0 aromatic heterocycles. The minimum absolute atomic E-state index is 0. The summed E-state index contributed by atoms with van der Waals surface area (Å²) in [5.74, 6) is -2.23. The van der Waals surface area contributed by atoms with Crippen LogP contribution in [0.15, 0.2) is 0 Å². The van der Waals surface area contributed by atoms with Gasteiger partial charge in [0.15, 0.2) is 0 Å². The zero-order valence-corrected chi connectivity index (χ0v) is 16.9. The second-order valence-electron chi connectivity index (χ2n) is 5.13. The number of carbonyl (C=O) groups is 2. The minimum atomic E-state index is -0.893. The van der Waals surface area contributed by atoms with Gasteiger partial charge in [0.2, 0.25) is 0 Å². The van der Waals surface area contributed by atoms with E-state index >= 15 is 0 Å². The summed E-state index contributed by atoms with van der Waals surface area (Å²) in [6, 6.07) is 0. The fraction of sp³-hybridized carbons (Fsp3) is 0.875. The number of aliphatic carboxylic acids is 2. The van der Waals surface area contributed by atoms with Crippen molar-refractivity contribution in [3.8, 4) is 0 Å². The first-order chi connectivity index (χ1) is 9.44. The van der Waals surface area contributed by atoms with Crippen LogP contribution >= 0.6 is 0 Å². The Morgan fingerprint density at radius 1 is 0.762 bits per heavy atom. The van der Waals surface area contributed by atoms with Crippen LogP contribution in [0.2, 0.25) is 0 Å². The van der Waals surface area contributed by atoms with Gasteiger partial charge in [0.25, 0.3) is 0 Å². The van der Waals surface area contributed by atoms with Crippen LogP contribution < -0.4 is 10.2 Å². The van der Waals surface area contributed by atoms with Gasteiger partial charge in [-0.25, -0.2) is 0 Å². The smallest absolute Gasteiger partial charge is 0.550 e. The normalized spacial score (nSPS) is 12.4. The first-order valence-corrected chi connectivity index (χ1v) is 7.86. The molecule has 0 aromatic carbocycles. The summed E-state index contributed by atoms with van der Waals surface area (Å²) in [7, 11) is 0. The van der Waals surface area contributed by atoms with Crippen LogP contribution in [-0.4, -0.2) is 11.9 Å². The molecule has 0 rings (SSSR count). The van der Waals surface area contributed by atoms with Crippen molar-refractivity contribution in [3.05, 3.63) is 0 Å². The summed E-state index contributed by atoms with van der Waals surface area (Å²) in [6.45, 7) is 7.89. The summed E-state index contributed by atoms with van der Waals surface area (Å²) in [4.78, 5) is 20.7. The van der Waals surface area contributed by atoms with Gasteiger partial charge in [0, 0.05) is 11.9 Å². The number of carbonyl (C=O) groups excluding carboxylic acids is 2. The van der Waals surface area contributed by atoms with Crippen molar-refractivity contribution in [1.82, 2.24) is 0 Å². The fourth-order valence-corrected chi connectivity index (χ4v) is 1.88. The number of rotatable bonds is 10. The number of unbranched alkanes of at least 4 members (excludes halogenated alkanes) is 2. The maximum absolute atomic E-state index is 10.3. The number of hydrogen-bond acceptors (Lipinski definition) is 4. The third-order valence-electron chi connectivity index (χ3n) is 3.46. The third kappa shape index (κ3) is 16.2.